The van der Waals surface area contributed by atoms with Gasteiger partial charge in [0, 0.05) is 54.7 Å². The Balaban J connectivity index is 1.38. The average molecular weight is 400 g/mol. The summed E-state index contributed by atoms with van der Waals surface area (Å²) in [6, 6.07) is 13.4. The fraction of sp³-hybridized carbons (Fsp3) is 0.333. The first kappa shape index (κ1) is 17.7. The molecule has 2 atom stereocenters. The number of rotatable bonds is 2. The van der Waals surface area contributed by atoms with Gasteiger partial charge in [0.05, 0.1) is 11.3 Å². The van der Waals surface area contributed by atoms with Crippen molar-refractivity contribution in [3.63, 3.8) is 0 Å². The van der Waals surface area contributed by atoms with E-state index in [-0.39, 0.29) is 5.63 Å². The van der Waals surface area contributed by atoms with Gasteiger partial charge in [-0.25, -0.2) is 9.78 Å². The molecule has 4 aromatic rings. The highest BCUT2D eigenvalue weighted by molar-refractivity contribution is 5.84. The molecule has 30 heavy (non-hydrogen) atoms. The molecule has 2 bridgehead atoms. The van der Waals surface area contributed by atoms with Crippen LogP contribution in [0.2, 0.25) is 0 Å². The van der Waals surface area contributed by atoms with Gasteiger partial charge in [0.15, 0.2) is 0 Å². The topological polar surface area (TPSA) is 54.0 Å². The molecule has 0 amide bonds. The van der Waals surface area contributed by atoms with Gasteiger partial charge in [-0.05, 0) is 62.7 Å². The number of aryl methyl sites for hydroxylation is 1. The van der Waals surface area contributed by atoms with E-state index in [1.54, 1.807) is 0 Å². The van der Waals surface area contributed by atoms with Crippen molar-refractivity contribution in [2.24, 2.45) is 0 Å². The Morgan fingerprint density at radius 2 is 1.87 bits per heavy atom. The number of nitrogens with zero attached hydrogens (tertiary/aromatic N) is 4. The van der Waals surface area contributed by atoms with Crippen LogP contribution < -0.4 is 10.5 Å². The number of benzene rings is 1. The number of likely N-dealkylation sites (N-methyl/N-ethyl adjacent to an activating group) is 1. The molecule has 0 aliphatic carbocycles. The highest BCUT2D eigenvalue weighted by Crippen LogP contribution is 2.32. The maximum absolute atomic E-state index is 12.8. The Labute approximate surface area is 174 Å². The standard InChI is InChI=1S/C24H24N4O2/c1-15-7-8-27-14-21(25-23(27)9-15)20-10-16-3-4-17(11-22(16)30-24(20)29)28-12-18-5-6-19(13-28)26(18)2/h3-4,7-11,14,18-19H,5-6,12-13H2,1-2H3/t18-,19+. The Morgan fingerprint density at radius 1 is 1.07 bits per heavy atom. The average Bonchev–Trinajstić information content (AvgIpc) is 3.21. The van der Waals surface area contributed by atoms with Crippen LogP contribution >= 0.6 is 0 Å². The zero-order chi connectivity index (χ0) is 20.4. The monoisotopic (exact) mass is 400 g/mol. The van der Waals surface area contributed by atoms with Crippen LogP contribution in [0.15, 0.2) is 58.0 Å². The number of pyridine rings is 1. The summed E-state index contributed by atoms with van der Waals surface area (Å²) in [5, 5.41) is 0.915. The van der Waals surface area contributed by atoms with Crippen molar-refractivity contribution in [1.82, 2.24) is 14.3 Å². The van der Waals surface area contributed by atoms with Crippen LogP contribution in [-0.4, -0.2) is 46.5 Å². The zero-order valence-corrected chi connectivity index (χ0v) is 17.2. The van der Waals surface area contributed by atoms with Crippen molar-refractivity contribution in [2.75, 3.05) is 25.0 Å². The smallest absolute Gasteiger partial charge is 0.345 e. The molecule has 3 aromatic heterocycles. The van der Waals surface area contributed by atoms with Gasteiger partial charge in [-0.2, -0.15) is 0 Å². The predicted octanol–water partition coefficient (Wildman–Crippen LogP) is 3.70. The van der Waals surface area contributed by atoms with E-state index in [2.05, 4.69) is 34.0 Å². The number of imidazole rings is 1. The highest BCUT2D eigenvalue weighted by Gasteiger charge is 2.37. The summed E-state index contributed by atoms with van der Waals surface area (Å²) in [6.45, 7) is 4.09. The lowest BCUT2D eigenvalue weighted by Gasteiger charge is -2.40. The summed E-state index contributed by atoms with van der Waals surface area (Å²) in [4.78, 5) is 22.4. The summed E-state index contributed by atoms with van der Waals surface area (Å²) in [7, 11) is 2.24. The molecule has 1 aromatic carbocycles. The quantitative estimate of drug-likeness (QED) is 0.480. The van der Waals surface area contributed by atoms with Crippen LogP contribution in [0.3, 0.4) is 0 Å². The van der Waals surface area contributed by atoms with Gasteiger partial charge >= 0.3 is 5.63 Å². The van der Waals surface area contributed by atoms with E-state index < -0.39 is 0 Å². The molecular weight excluding hydrogens is 376 g/mol. The molecule has 6 heteroatoms. The van der Waals surface area contributed by atoms with E-state index in [0.717, 1.165) is 35.4 Å². The Kier molecular flexibility index (Phi) is 3.80. The van der Waals surface area contributed by atoms with E-state index in [1.165, 1.54) is 12.8 Å². The van der Waals surface area contributed by atoms with Crippen molar-refractivity contribution < 1.29 is 4.42 Å². The van der Waals surface area contributed by atoms with Crippen molar-refractivity contribution in [3.8, 4) is 11.3 Å². The highest BCUT2D eigenvalue weighted by atomic mass is 16.4. The van der Waals surface area contributed by atoms with Crippen molar-refractivity contribution in [2.45, 2.75) is 31.8 Å². The van der Waals surface area contributed by atoms with Crippen LogP contribution in [0.1, 0.15) is 18.4 Å². The first-order valence-corrected chi connectivity index (χ1v) is 10.6. The fourth-order valence-corrected chi connectivity index (χ4v) is 5.01. The van der Waals surface area contributed by atoms with E-state index in [1.807, 2.05) is 48.0 Å². The summed E-state index contributed by atoms with van der Waals surface area (Å²) >= 11 is 0. The Hall–Kier alpha value is -3.12. The van der Waals surface area contributed by atoms with Gasteiger partial charge in [0.25, 0.3) is 0 Å². The van der Waals surface area contributed by atoms with Gasteiger partial charge in [-0.15, -0.1) is 0 Å². The largest absolute Gasteiger partial charge is 0.422 e. The summed E-state index contributed by atoms with van der Waals surface area (Å²) in [5.74, 6) is 0. The molecule has 2 fully saturated rings. The molecule has 2 saturated heterocycles. The van der Waals surface area contributed by atoms with Crippen molar-refractivity contribution in [1.29, 1.82) is 0 Å². The Morgan fingerprint density at radius 3 is 2.67 bits per heavy atom. The molecule has 0 N–H and O–H groups in total. The molecule has 6 nitrogen and oxygen atoms in total. The van der Waals surface area contributed by atoms with E-state index >= 15 is 0 Å². The van der Waals surface area contributed by atoms with Gasteiger partial charge in [0.1, 0.15) is 11.2 Å². The molecule has 6 rings (SSSR count). The number of hydrogen-bond donors (Lipinski definition) is 0. The minimum atomic E-state index is -0.349. The summed E-state index contributed by atoms with van der Waals surface area (Å²) < 4.78 is 7.67. The number of aromatic nitrogens is 2. The van der Waals surface area contributed by atoms with E-state index in [0.29, 0.717) is 28.9 Å². The Bertz CT molecular complexity index is 1320. The predicted molar refractivity (Wildman–Crippen MR) is 118 cm³/mol. The maximum Gasteiger partial charge on any atom is 0.345 e. The zero-order valence-electron chi connectivity index (χ0n) is 17.2. The third kappa shape index (κ3) is 2.75. The maximum atomic E-state index is 12.8. The first-order chi connectivity index (χ1) is 14.5. The van der Waals surface area contributed by atoms with Crippen LogP contribution in [0.25, 0.3) is 27.9 Å². The lowest BCUT2D eigenvalue weighted by molar-refractivity contribution is 0.212. The minimum absolute atomic E-state index is 0.349. The second-order valence-corrected chi connectivity index (χ2v) is 8.72. The van der Waals surface area contributed by atoms with E-state index in [4.69, 9.17) is 4.42 Å². The number of hydrogen-bond acceptors (Lipinski definition) is 5. The fourth-order valence-electron chi connectivity index (χ4n) is 5.01. The molecule has 0 saturated carbocycles. The third-order valence-electron chi connectivity index (χ3n) is 6.82. The molecule has 0 unspecified atom stereocenters. The molecule has 0 spiro atoms. The molecule has 0 radical (unpaired) electrons. The van der Waals surface area contributed by atoms with Crippen molar-refractivity contribution in [3.05, 3.63) is 64.8 Å². The number of anilines is 1. The normalized spacial score (nSPS) is 21.7. The number of piperazine rings is 1. The van der Waals surface area contributed by atoms with Gasteiger partial charge in [-0.3, -0.25) is 4.90 Å². The van der Waals surface area contributed by atoms with Gasteiger partial charge in [0.2, 0.25) is 0 Å². The molecular formula is C24H24N4O2. The molecule has 2 aliphatic heterocycles. The van der Waals surface area contributed by atoms with Gasteiger partial charge < -0.3 is 13.7 Å². The van der Waals surface area contributed by atoms with Crippen LogP contribution in [0, 0.1) is 6.92 Å². The third-order valence-corrected chi connectivity index (χ3v) is 6.82. The first-order valence-electron chi connectivity index (χ1n) is 10.6. The van der Waals surface area contributed by atoms with Crippen LogP contribution in [0.4, 0.5) is 5.69 Å². The van der Waals surface area contributed by atoms with Gasteiger partial charge in [-0.1, -0.05) is 0 Å². The van der Waals surface area contributed by atoms with Crippen molar-refractivity contribution >= 4 is 22.3 Å². The molecule has 152 valence electrons. The molecule has 2 aliphatic rings. The summed E-state index contributed by atoms with van der Waals surface area (Å²) in [5.41, 5.74) is 4.50. The number of fused-ring (bicyclic) bond motifs is 4. The summed E-state index contributed by atoms with van der Waals surface area (Å²) in [6.07, 6.45) is 6.37. The lowest BCUT2D eigenvalue weighted by Crippen LogP contribution is -2.52. The second-order valence-electron chi connectivity index (χ2n) is 8.72. The second kappa shape index (κ2) is 6.44. The lowest BCUT2D eigenvalue weighted by atomic mass is 10.1. The van der Waals surface area contributed by atoms with E-state index in [9.17, 15) is 4.79 Å². The minimum Gasteiger partial charge on any atom is -0.422 e. The van der Waals surface area contributed by atoms with Crippen LogP contribution in [0.5, 0.6) is 0 Å². The SMILES string of the molecule is Cc1ccn2cc(-c3cc4ccc(N5C[C@H]6CC[C@@H](C5)N6C)cc4oc3=O)nc2c1. The van der Waals surface area contributed by atoms with Crippen LogP contribution in [-0.2, 0) is 0 Å². The molecule has 5 heterocycles.